The maximum Gasteiger partial charge on any atom is 0.336 e. The van der Waals surface area contributed by atoms with E-state index < -0.39 is 81.0 Å². The normalized spacial score (nSPS) is 22.0. The lowest BCUT2D eigenvalue weighted by Crippen LogP contribution is -2.47. The highest BCUT2D eigenvalue weighted by Gasteiger charge is 2.55. The molecule has 1 unspecified atom stereocenters. The first-order chi connectivity index (χ1) is 22.1. The molecule has 1 N–H and O–H groups in total. The van der Waals surface area contributed by atoms with Crippen LogP contribution < -0.4 is 15.8 Å². The number of hydrogen-bond acceptors (Lipinski definition) is 13. The minimum atomic E-state index is -3.32. The standard InChI is InChI=1S/C29H40FN4O12P/c1-18(2)31-42-15-13-24(36)41-17-33-23(35)12-14-32(28(33)39)27-29(6,30)25(37)22(45-27)16-43-34(20(5)26(38)44-19(3)4)47(40)46-21-10-8-7-9-11-21/h7-12,14,19-20,22,25,27,37,47H,13,15-17H2,1-6H3/t20-,22+,25+,27+,29+/m0/s1. The zero-order chi connectivity index (χ0) is 34.9. The number of rotatable bonds is 16. The summed E-state index contributed by atoms with van der Waals surface area (Å²) in [5.41, 5.74) is -3.93. The Morgan fingerprint density at radius 1 is 1.17 bits per heavy atom. The van der Waals surface area contributed by atoms with E-state index in [-0.39, 0.29) is 18.8 Å². The van der Waals surface area contributed by atoms with Crippen LogP contribution in [0.3, 0.4) is 0 Å². The van der Waals surface area contributed by atoms with E-state index >= 15 is 4.39 Å². The maximum absolute atomic E-state index is 16.0. The molecule has 1 saturated heterocycles. The number of carbonyl (C=O) groups excluding carboxylic acids is 2. The van der Waals surface area contributed by atoms with Crippen LogP contribution in [0.5, 0.6) is 5.75 Å². The van der Waals surface area contributed by atoms with Gasteiger partial charge in [0.25, 0.3) is 5.56 Å². The highest BCUT2D eigenvalue weighted by atomic mass is 31.1. The van der Waals surface area contributed by atoms with Crippen LogP contribution in [0, 0.1) is 0 Å². The van der Waals surface area contributed by atoms with E-state index in [0.717, 1.165) is 28.6 Å². The molecule has 0 saturated carbocycles. The number of hydrogen-bond donors (Lipinski definition) is 1. The molecule has 0 amide bonds. The SMILES string of the molecule is CC(C)=NOCCC(=O)OCn1c(=O)ccn([C@@H]2O[C@H](CON([C@@H](C)C(=O)OC(C)C)[PH](=O)Oc3ccccc3)[C@@H](O)[C@@]2(C)F)c1=O. The number of halogens is 1. The van der Waals surface area contributed by atoms with Gasteiger partial charge in [-0.25, -0.2) is 13.8 Å². The van der Waals surface area contributed by atoms with Gasteiger partial charge in [-0.1, -0.05) is 28.2 Å². The quantitative estimate of drug-likeness (QED) is 0.0893. The molecule has 0 radical (unpaired) electrons. The first kappa shape index (κ1) is 37.6. The summed E-state index contributed by atoms with van der Waals surface area (Å²) in [6, 6.07) is 7.76. The summed E-state index contributed by atoms with van der Waals surface area (Å²) in [6.07, 6.45) is -4.88. The molecule has 1 aliphatic rings. The second-order valence-electron chi connectivity index (χ2n) is 11.1. The van der Waals surface area contributed by atoms with Gasteiger partial charge in [0.05, 0.1) is 24.8 Å². The molecule has 2 aromatic rings. The van der Waals surface area contributed by atoms with Gasteiger partial charge < -0.3 is 28.7 Å². The van der Waals surface area contributed by atoms with E-state index in [9.17, 15) is 28.8 Å². The zero-order valence-corrected chi connectivity index (χ0v) is 27.9. The lowest BCUT2D eigenvalue weighted by Gasteiger charge is -2.28. The number of benzene rings is 1. The van der Waals surface area contributed by atoms with Gasteiger partial charge in [0.15, 0.2) is 18.6 Å². The molecule has 0 aliphatic carbocycles. The van der Waals surface area contributed by atoms with Crippen molar-refractivity contribution in [2.24, 2.45) is 5.16 Å². The Hall–Kier alpha value is -3.89. The van der Waals surface area contributed by atoms with E-state index in [0.29, 0.717) is 10.3 Å². The van der Waals surface area contributed by atoms with Crippen LogP contribution >= 0.6 is 8.18 Å². The highest BCUT2D eigenvalue weighted by molar-refractivity contribution is 7.36. The summed E-state index contributed by atoms with van der Waals surface area (Å²) < 4.78 is 51.9. The van der Waals surface area contributed by atoms with Crippen LogP contribution in [-0.2, 0) is 44.8 Å². The van der Waals surface area contributed by atoms with Crippen molar-refractivity contribution in [3.05, 3.63) is 63.4 Å². The van der Waals surface area contributed by atoms with E-state index in [1.54, 1.807) is 45.9 Å². The maximum atomic E-state index is 16.0. The topological polar surface area (TPSA) is 186 Å². The average Bonchev–Trinajstić information content (AvgIpc) is 3.22. The lowest BCUT2D eigenvalue weighted by molar-refractivity contribution is -0.183. The minimum absolute atomic E-state index is 0.0994. The zero-order valence-electron chi connectivity index (χ0n) is 26.9. The number of hydroxylamine groups is 1. The fourth-order valence-electron chi connectivity index (χ4n) is 4.23. The van der Waals surface area contributed by atoms with Gasteiger partial charge in [0, 0.05) is 12.3 Å². The van der Waals surface area contributed by atoms with E-state index in [2.05, 4.69) is 5.16 Å². The first-order valence-corrected chi connectivity index (χ1v) is 15.9. The van der Waals surface area contributed by atoms with Gasteiger partial charge in [-0.2, -0.15) is 0 Å². The fraction of sp³-hybridized carbons (Fsp3) is 0.552. The largest absolute Gasteiger partial charge is 0.462 e. The van der Waals surface area contributed by atoms with E-state index in [1.165, 1.54) is 19.1 Å². The molecule has 1 fully saturated rings. The van der Waals surface area contributed by atoms with Crippen molar-refractivity contribution in [3.63, 3.8) is 0 Å². The minimum Gasteiger partial charge on any atom is -0.462 e. The number of aliphatic hydroxyl groups is 1. The third kappa shape index (κ3) is 10.0. The Kier molecular flexibility index (Phi) is 13.4. The number of ether oxygens (including phenoxy) is 3. The monoisotopic (exact) mass is 686 g/mol. The number of carbonyl (C=O) groups is 2. The summed E-state index contributed by atoms with van der Waals surface area (Å²) in [6.45, 7) is 7.46. The van der Waals surface area contributed by atoms with Crippen LogP contribution in [-0.4, -0.2) is 80.0 Å². The van der Waals surface area contributed by atoms with Crippen molar-refractivity contribution in [1.82, 2.24) is 14.0 Å². The molecule has 0 bridgehead atoms. The van der Waals surface area contributed by atoms with Crippen LogP contribution in [0.25, 0.3) is 0 Å². The van der Waals surface area contributed by atoms with Crippen molar-refractivity contribution in [2.45, 2.75) is 90.9 Å². The number of alkyl halides is 1. The van der Waals surface area contributed by atoms with E-state index in [1.807, 2.05) is 0 Å². The van der Waals surface area contributed by atoms with Crippen molar-refractivity contribution in [3.8, 4) is 5.75 Å². The van der Waals surface area contributed by atoms with Crippen molar-refractivity contribution in [1.29, 1.82) is 0 Å². The van der Waals surface area contributed by atoms with Crippen molar-refractivity contribution >= 4 is 25.8 Å². The summed E-state index contributed by atoms with van der Waals surface area (Å²) in [5, 5.41) is 14.5. The number of oxime groups is 1. The van der Waals surface area contributed by atoms with Crippen LogP contribution in [0.15, 0.2) is 57.3 Å². The van der Waals surface area contributed by atoms with Gasteiger partial charge in [-0.15, -0.1) is 0 Å². The summed E-state index contributed by atoms with van der Waals surface area (Å²) in [4.78, 5) is 61.7. The molecule has 6 atom stereocenters. The highest BCUT2D eigenvalue weighted by Crippen LogP contribution is 2.41. The molecule has 0 spiro atoms. The number of nitrogens with zero attached hydrogens (tertiary/aromatic N) is 4. The summed E-state index contributed by atoms with van der Waals surface area (Å²) in [5.74, 6) is -1.36. The number of para-hydroxylation sites is 1. The van der Waals surface area contributed by atoms with Crippen molar-refractivity contribution in [2.75, 3.05) is 13.2 Å². The van der Waals surface area contributed by atoms with Crippen LogP contribution in [0.4, 0.5) is 4.39 Å². The predicted octanol–water partition coefficient (Wildman–Crippen LogP) is 2.34. The second kappa shape index (κ2) is 16.8. The molecular weight excluding hydrogens is 646 g/mol. The van der Waals surface area contributed by atoms with Gasteiger partial charge in [-0.05, 0) is 53.7 Å². The third-order valence-electron chi connectivity index (χ3n) is 6.62. The molecule has 1 aromatic heterocycles. The molecular formula is C29H40FN4O12P. The lowest BCUT2D eigenvalue weighted by atomic mass is 9.98. The molecule has 1 aliphatic heterocycles. The van der Waals surface area contributed by atoms with Gasteiger partial charge in [0.2, 0.25) is 0 Å². The van der Waals surface area contributed by atoms with Crippen LogP contribution in [0.2, 0.25) is 0 Å². The Balaban J connectivity index is 1.76. The third-order valence-corrected chi connectivity index (χ3v) is 7.90. The molecule has 47 heavy (non-hydrogen) atoms. The molecule has 1 aromatic carbocycles. The number of aliphatic hydroxyl groups excluding tert-OH is 1. The Bertz CT molecular complexity index is 1540. The number of aromatic nitrogens is 2. The van der Waals surface area contributed by atoms with Gasteiger partial charge in [-0.3, -0.25) is 28.4 Å². The molecule has 3 rings (SSSR count). The van der Waals surface area contributed by atoms with Gasteiger partial charge >= 0.3 is 25.8 Å². The number of esters is 2. The average molecular weight is 687 g/mol. The second-order valence-corrected chi connectivity index (χ2v) is 12.3. The van der Waals surface area contributed by atoms with E-state index in [4.69, 9.17) is 28.4 Å². The first-order valence-electron chi connectivity index (χ1n) is 14.7. The fourth-order valence-corrected chi connectivity index (χ4v) is 5.26. The smallest absolute Gasteiger partial charge is 0.336 e. The Labute approximate surface area is 270 Å². The predicted molar refractivity (Wildman–Crippen MR) is 164 cm³/mol. The summed E-state index contributed by atoms with van der Waals surface area (Å²) >= 11 is 0. The molecule has 18 heteroatoms. The Morgan fingerprint density at radius 2 is 1.85 bits per heavy atom. The summed E-state index contributed by atoms with van der Waals surface area (Å²) in [7, 11) is -3.32. The molecule has 260 valence electrons. The van der Waals surface area contributed by atoms with Gasteiger partial charge in [0.1, 0.15) is 30.6 Å². The molecule has 2 heterocycles. The van der Waals surface area contributed by atoms with Crippen molar-refractivity contribution < 1.29 is 52.1 Å². The Morgan fingerprint density at radius 3 is 2.49 bits per heavy atom. The molecule has 16 nitrogen and oxygen atoms in total. The van der Waals surface area contributed by atoms with Crippen LogP contribution in [0.1, 0.15) is 54.2 Å².